The lowest BCUT2D eigenvalue weighted by Crippen LogP contribution is -2.45. The van der Waals surface area contributed by atoms with Gasteiger partial charge in [0.2, 0.25) is 5.95 Å². The second-order valence-corrected chi connectivity index (χ2v) is 9.14. The molecule has 0 unspecified atom stereocenters. The van der Waals surface area contributed by atoms with Crippen LogP contribution >= 0.6 is 0 Å². The summed E-state index contributed by atoms with van der Waals surface area (Å²) in [7, 11) is 0. The van der Waals surface area contributed by atoms with E-state index in [2.05, 4.69) is 20.2 Å². The van der Waals surface area contributed by atoms with Gasteiger partial charge in [-0.25, -0.2) is 10.0 Å². The second-order valence-electron chi connectivity index (χ2n) is 9.14. The Kier molecular flexibility index (Phi) is 6.72. The predicted molar refractivity (Wildman–Crippen MR) is 131 cm³/mol. The molecule has 10 heteroatoms. The van der Waals surface area contributed by atoms with Crippen molar-refractivity contribution in [1.82, 2.24) is 9.97 Å². The van der Waals surface area contributed by atoms with E-state index in [0.717, 1.165) is 30.5 Å². The number of aromatic nitrogens is 2. The second kappa shape index (κ2) is 9.94. The molecule has 2 aliphatic rings. The fourth-order valence-electron chi connectivity index (χ4n) is 4.73. The maximum absolute atomic E-state index is 13.9. The predicted octanol–water partition coefficient (Wildman–Crippen LogP) is 5.74. The fourth-order valence-corrected chi connectivity index (χ4v) is 4.73. The Morgan fingerprint density at radius 2 is 1.67 bits per heavy atom. The number of benzene rings is 2. The number of alkyl halides is 3. The first kappa shape index (κ1) is 24.3. The number of nitrogens with one attached hydrogen (secondary N) is 1. The zero-order valence-corrected chi connectivity index (χ0v) is 20.1. The zero-order valence-electron chi connectivity index (χ0n) is 20.1. The zero-order chi connectivity index (χ0) is 25.3. The van der Waals surface area contributed by atoms with E-state index in [0.29, 0.717) is 18.7 Å². The largest absolute Gasteiger partial charge is 0.421 e. The molecule has 2 fully saturated rings. The highest BCUT2D eigenvalue weighted by Crippen LogP contribution is 2.41. The van der Waals surface area contributed by atoms with Crippen molar-refractivity contribution in [2.75, 3.05) is 35.0 Å². The van der Waals surface area contributed by atoms with Crippen molar-refractivity contribution in [3.05, 3.63) is 71.9 Å². The minimum atomic E-state index is -4.63. The summed E-state index contributed by atoms with van der Waals surface area (Å²) in [6.07, 6.45) is -3.00. The normalized spacial score (nSPS) is 22.6. The summed E-state index contributed by atoms with van der Waals surface area (Å²) in [5.74, 6) is -0.249. The third-order valence-corrected chi connectivity index (χ3v) is 6.28. The van der Waals surface area contributed by atoms with Crippen LogP contribution in [0.3, 0.4) is 0 Å². The third kappa shape index (κ3) is 5.24. The smallest absolute Gasteiger partial charge is 0.372 e. The SMILES string of the molecule is C[C@@H]1CN(c2ccc(Nc3ncc(C(F)(F)F)c(N4OCC[C@H]4c4ccccc4)n3)cc2)C[C@H](C)O1. The van der Waals surface area contributed by atoms with Crippen LogP contribution in [0.4, 0.5) is 36.3 Å². The van der Waals surface area contributed by atoms with Crippen LogP contribution in [0.2, 0.25) is 0 Å². The monoisotopic (exact) mass is 499 g/mol. The van der Waals surface area contributed by atoms with E-state index in [1.165, 1.54) is 5.06 Å². The standard InChI is InChI=1S/C26H28F3N5O2/c1-17-15-33(16-18(2)36-17)21-10-8-20(9-11-21)31-25-30-14-22(26(27,28)29)24(32-25)34-23(12-13-35-34)19-6-4-3-5-7-19/h3-11,14,17-18,23H,12-13,15-16H2,1-2H3,(H,30,31,32)/t17-,18+,23-/m0/s1. The molecule has 0 saturated carbocycles. The van der Waals surface area contributed by atoms with Gasteiger partial charge in [0.1, 0.15) is 5.56 Å². The quantitative estimate of drug-likeness (QED) is 0.481. The summed E-state index contributed by atoms with van der Waals surface area (Å²) in [6.45, 7) is 5.97. The average molecular weight is 500 g/mol. The summed E-state index contributed by atoms with van der Waals surface area (Å²) in [6, 6.07) is 16.6. The van der Waals surface area contributed by atoms with Crippen molar-refractivity contribution in [3.8, 4) is 0 Å². The van der Waals surface area contributed by atoms with Crippen LogP contribution in [-0.4, -0.2) is 41.9 Å². The van der Waals surface area contributed by atoms with Gasteiger partial charge in [0, 0.05) is 37.1 Å². The van der Waals surface area contributed by atoms with Crippen LogP contribution in [0, 0.1) is 0 Å². The number of halogens is 3. The number of rotatable bonds is 5. The van der Waals surface area contributed by atoms with Gasteiger partial charge in [-0.15, -0.1) is 0 Å². The van der Waals surface area contributed by atoms with Crippen LogP contribution in [0.1, 0.15) is 37.4 Å². The van der Waals surface area contributed by atoms with Crippen molar-refractivity contribution in [2.45, 2.75) is 44.7 Å². The molecule has 1 aromatic heterocycles. The molecule has 2 aromatic carbocycles. The summed E-state index contributed by atoms with van der Waals surface area (Å²) >= 11 is 0. The van der Waals surface area contributed by atoms with Gasteiger partial charge in [0.15, 0.2) is 5.82 Å². The van der Waals surface area contributed by atoms with E-state index in [1.807, 2.05) is 68.4 Å². The Morgan fingerprint density at radius 1 is 0.972 bits per heavy atom. The summed E-state index contributed by atoms with van der Waals surface area (Å²) in [4.78, 5) is 16.1. The van der Waals surface area contributed by atoms with Crippen LogP contribution in [0.15, 0.2) is 60.8 Å². The van der Waals surface area contributed by atoms with Crippen molar-refractivity contribution >= 4 is 23.1 Å². The Balaban J connectivity index is 1.40. The van der Waals surface area contributed by atoms with Gasteiger partial charge in [-0.3, -0.25) is 4.84 Å². The van der Waals surface area contributed by atoms with Gasteiger partial charge in [0.05, 0.1) is 24.9 Å². The molecule has 3 atom stereocenters. The Morgan fingerprint density at radius 3 is 2.33 bits per heavy atom. The lowest BCUT2D eigenvalue weighted by atomic mass is 10.0. The molecule has 0 bridgehead atoms. The number of morpholine rings is 1. The number of hydrogen-bond acceptors (Lipinski definition) is 7. The highest BCUT2D eigenvalue weighted by molar-refractivity contribution is 5.61. The molecule has 36 heavy (non-hydrogen) atoms. The molecule has 1 N–H and O–H groups in total. The molecule has 0 spiro atoms. The molecule has 190 valence electrons. The van der Waals surface area contributed by atoms with Gasteiger partial charge in [0.25, 0.3) is 0 Å². The van der Waals surface area contributed by atoms with Crippen molar-refractivity contribution in [2.24, 2.45) is 0 Å². The molecule has 0 amide bonds. The lowest BCUT2D eigenvalue weighted by Gasteiger charge is -2.36. The van der Waals surface area contributed by atoms with E-state index >= 15 is 0 Å². The van der Waals surface area contributed by atoms with Crippen molar-refractivity contribution in [3.63, 3.8) is 0 Å². The van der Waals surface area contributed by atoms with E-state index in [1.54, 1.807) is 0 Å². The Bertz CT molecular complexity index is 1170. The van der Waals surface area contributed by atoms with E-state index in [9.17, 15) is 13.2 Å². The minimum Gasteiger partial charge on any atom is -0.372 e. The fraction of sp³-hybridized carbons (Fsp3) is 0.385. The molecule has 2 saturated heterocycles. The molecular formula is C26H28F3N5O2. The van der Waals surface area contributed by atoms with Gasteiger partial charge < -0.3 is 15.0 Å². The number of hydrogen-bond donors (Lipinski definition) is 1. The first-order chi connectivity index (χ1) is 17.3. The topological polar surface area (TPSA) is 62.8 Å². The van der Waals surface area contributed by atoms with E-state index in [-0.39, 0.29) is 30.0 Å². The molecular weight excluding hydrogens is 471 g/mol. The maximum atomic E-state index is 13.9. The molecule has 2 aliphatic heterocycles. The number of anilines is 4. The summed E-state index contributed by atoms with van der Waals surface area (Å²) < 4.78 is 47.4. The minimum absolute atomic E-state index is 0.0571. The number of nitrogens with zero attached hydrogens (tertiary/aromatic N) is 4. The average Bonchev–Trinajstić information content (AvgIpc) is 3.34. The summed E-state index contributed by atoms with van der Waals surface area (Å²) in [5.41, 5.74) is 1.63. The van der Waals surface area contributed by atoms with Crippen LogP contribution < -0.4 is 15.3 Å². The maximum Gasteiger partial charge on any atom is 0.421 e. The Hall–Kier alpha value is -3.37. The van der Waals surface area contributed by atoms with Crippen LogP contribution in [-0.2, 0) is 15.8 Å². The van der Waals surface area contributed by atoms with Gasteiger partial charge in [-0.1, -0.05) is 30.3 Å². The molecule has 5 rings (SSSR count). The number of ether oxygens (including phenoxy) is 1. The highest BCUT2D eigenvalue weighted by atomic mass is 19.4. The van der Waals surface area contributed by atoms with Crippen molar-refractivity contribution < 1.29 is 22.7 Å². The molecule has 0 radical (unpaired) electrons. The van der Waals surface area contributed by atoms with E-state index in [4.69, 9.17) is 9.57 Å². The molecule has 3 heterocycles. The van der Waals surface area contributed by atoms with Crippen molar-refractivity contribution in [1.29, 1.82) is 0 Å². The molecule has 0 aliphatic carbocycles. The third-order valence-electron chi connectivity index (χ3n) is 6.28. The lowest BCUT2D eigenvalue weighted by molar-refractivity contribution is -0.138. The van der Waals surface area contributed by atoms with E-state index < -0.39 is 11.7 Å². The summed E-state index contributed by atoms with van der Waals surface area (Å²) in [5, 5.41) is 4.29. The first-order valence-corrected chi connectivity index (χ1v) is 12.0. The van der Waals surface area contributed by atoms with Gasteiger partial charge in [-0.05, 0) is 43.7 Å². The van der Waals surface area contributed by atoms with Crippen LogP contribution in [0.25, 0.3) is 0 Å². The molecule has 7 nitrogen and oxygen atoms in total. The molecule has 3 aromatic rings. The Labute approximate surface area is 207 Å². The van der Waals surface area contributed by atoms with Gasteiger partial charge >= 0.3 is 6.18 Å². The van der Waals surface area contributed by atoms with Gasteiger partial charge in [-0.2, -0.15) is 18.2 Å². The number of hydroxylamine groups is 1. The van der Waals surface area contributed by atoms with Crippen LogP contribution in [0.5, 0.6) is 0 Å². The first-order valence-electron chi connectivity index (χ1n) is 12.0. The highest BCUT2D eigenvalue weighted by Gasteiger charge is 2.40.